The van der Waals surface area contributed by atoms with E-state index in [1.165, 1.54) is 33.0 Å². The van der Waals surface area contributed by atoms with Gasteiger partial charge >= 0.3 is 0 Å². The zero-order valence-electron chi connectivity index (χ0n) is 15.5. The molecule has 0 aromatic heterocycles. The van der Waals surface area contributed by atoms with Crippen LogP contribution in [-0.2, 0) is 6.54 Å². The van der Waals surface area contributed by atoms with Gasteiger partial charge in [-0.05, 0) is 39.6 Å². The van der Waals surface area contributed by atoms with Gasteiger partial charge in [0, 0.05) is 12.1 Å². The molecule has 2 atom stereocenters. The van der Waals surface area contributed by atoms with E-state index in [4.69, 9.17) is 4.99 Å². The maximum Gasteiger partial charge on any atom is 0.132 e. The van der Waals surface area contributed by atoms with Gasteiger partial charge < -0.3 is 4.90 Å². The van der Waals surface area contributed by atoms with Crippen LogP contribution in [0.3, 0.4) is 0 Å². The van der Waals surface area contributed by atoms with Gasteiger partial charge in [-0.2, -0.15) is 0 Å². The molecule has 0 spiro atoms. The molecule has 0 radical (unpaired) electrons. The average Bonchev–Trinajstić information content (AvgIpc) is 3.29. The maximum atomic E-state index is 5.27. The average molecular weight is 360 g/mol. The van der Waals surface area contributed by atoms with Crippen molar-refractivity contribution in [3.8, 4) is 0 Å². The summed E-state index contributed by atoms with van der Waals surface area (Å²) >= 11 is 0. The van der Waals surface area contributed by atoms with Crippen LogP contribution in [0.5, 0.6) is 0 Å². The van der Waals surface area contributed by atoms with Crippen LogP contribution in [0.25, 0.3) is 10.8 Å². The molecule has 4 aromatic carbocycles. The van der Waals surface area contributed by atoms with Gasteiger partial charge in [0.2, 0.25) is 0 Å². The minimum absolute atomic E-state index is 0.123. The van der Waals surface area contributed by atoms with Crippen molar-refractivity contribution in [2.24, 2.45) is 4.99 Å². The number of hydrogen-bond acceptors (Lipinski definition) is 2. The highest BCUT2D eigenvalue weighted by Gasteiger charge is 2.42. The van der Waals surface area contributed by atoms with E-state index in [2.05, 4.69) is 102 Å². The largest absolute Gasteiger partial charge is 0.342 e. The van der Waals surface area contributed by atoms with E-state index in [1.807, 2.05) is 0 Å². The second-order valence-corrected chi connectivity index (χ2v) is 7.65. The summed E-state index contributed by atoms with van der Waals surface area (Å²) in [5.74, 6) is 1.14. The Balaban J connectivity index is 1.53. The first-order valence-corrected chi connectivity index (χ1v) is 9.85. The molecule has 0 saturated heterocycles. The molecule has 2 heterocycles. The van der Waals surface area contributed by atoms with Crippen LogP contribution in [0.2, 0.25) is 0 Å². The molecule has 28 heavy (non-hydrogen) atoms. The van der Waals surface area contributed by atoms with Crippen LogP contribution in [0.1, 0.15) is 34.3 Å². The van der Waals surface area contributed by atoms with Crippen molar-refractivity contribution < 1.29 is 0 Å². The molecule has 0 fully saturated rings. The molecule has 6 rings (SSSR count). The first-order chi connectivity index (χ1) is 13.9. The molecule has 0 amide bonds. The molecule has 0 saturated carbocycles. The lowest BCUT2D eigenvalue weighted by molar-refractivity contribution is 0.314. The SMILES string of the molecule is c1ccc([C@H]2N=C3c4cc5ccccc5cc4CN3[C@@H]2c2ccccc2)cc1. The molecule has 0 aliphatic carbocycles. The Morgan fingerprint density at radius 1 is 0.679 bits per heavy atom. The fraction of sp³-hybridized carbons (Fsp3) is 0.115. The Morgan fingerprint density at radius 2 is 1.29 bits per heavy atom. The van der Waals surface area contributed by atoms with Gasteiger partial charge in [0.15, 0.2) is 0 Å². The summed E-state index contributed by atoms with van der Waals surface area (Å²) in [6.07, 6.45) is 0. The van der Waals surface area contributed by atoms with Gasteiger partial charge in [-0.1, -0.05) is 84.9 Å². The maximum absolute atomic E-state index is 5.27. The van der Waals surface area contributed by atoms with Crippen LogP contribution in [0, 0.1) is 0 Å². The minimum Gasteiger partial charge on any atom is -0.342 e. The molecular formula is C26H20N2. The van der Waals surface area contributed by atoms with E-state index in [0.29, 0.717) is 0 Å². The van der Waals surface area contributed by atoms with E-state index in [-0.39, 0.29) is 12.1 Å². The van der Waals surface area contributed by atoms with Gasteiger partial charge in [0.1, 0.15) is 11.9 Å². The van der Waals surface area contributed by atoms with Crippen molar-refractivity contribution in [2.75, 3.05) is 0 Å². The van der Waals surface area contributed by atoms with Gasteiger partial charge in [-0.25, -0.2) is 0 Å². The molecular weight excluding hydrogens is 340 g/mol. The second-order valence-electron chi connectivity index (χ2n) is 7.65. The van der Waals surface area contributed by atoms with Crippen molar-refractivity contribution in [1.29, 1.82) is 0 Å². The summed E-state index contributed by atoms with van der Waals surface area (Å²) in [4.78, 5) is 7.77. The van der Waals surface area contributed by atoms with Crippen molar-refractivity contribution in [3.63, 3.8) is 0 Å². The van der Waals surface area contributed by atoms with E-state index in [1.54, 1.807) is 0 Å². The van der Waals surface area contributed by atoms with E-state index in [9.17, 15) is 0 Å². The zero-order chi connectivity index (χ0) is 18.5. The van der Waals surface area contributed by atoms with Crippen molar-refractivity contribution in [2.45, 2.75) is 18.6 Å². The van der Waals surface area contributed by atoms with Crippen molar-refractivity contribution >= 4 is 16.6 Å². The molecule has 134 valence electrons. The normalized spacial score (nSPS) is 20.1. The lowest BCUT2D eigenvalue weighted by Crippen LogP contribution is -2.26. The molecule has 2 aliphatic heterocycles. The van der Waals surface area contributed by atoms with Gasteiger partial charge in [0.25, 0.3) is 0 Å². The second kappa shape index (κ2) is 6.07. The summed E-state index contributed by atoms with van der Waals surface area (Å²) in [6, 6.07) is 35.1. The predicted octanol–water partition coefficient (Wildman–Crippen LogP) is 5.90. The fourth-order valence-electron chi connectivity index (χ4n) is 4.71. The summed E-state index contributed by atoms with van der Waals surface area (Å²) in [5.41, 5.74) is 5.27. The smallest absolute Gasteiger partial charge is 0.132 e. The number of nitrogens with zero attached hydrogens (tertiary/aromatic N) is 2. The summed E-state index contributed by atoms with van der Waals surface area (Å²) in [6.45, 7) is 0.919. The number of benzene rings is 4. The Morgan fingerprint density at radius 3 is 2.00 bits per heavy atom. The van der Waals surface area contributed by atoms with Crippen LogP contribution in [0.15, 0.2) is 102 Å². The van der Waals surface area contributed by atoms with Crippen LogP contribution in [-0.4, -0.2) is 10.7 Å². The van der Waals surface area contributed by atoms with E-state index in [0.717, 1.165) is 12.4 Å². The first kappa shape index (κ1) is 15.6. The van der Waals surface area contributed by atoms with Gasteiger partial charge in [0.05, 0.1) is 6.04 Å². The number of hydrogen-bond donors (Lipinski definition) is 0. The van der Waals surface area contributed by atoms with Crippen molar-refractivity contribution in [3.05, 3.63) is 119 Å². The molecule has 4 aromatic rings. The Kier molecular flexibility index (Phi) is 3.39. The van der Waals surface area contributed by atoms with Crippen molar-refractivity contribution in [1.82, 2.24) is 4.90 Å². The third kappa shape index (κ3) is 2.31. The number of fused-ring (bicyclic) bond motifs is 4. The highest BCUT2D eigenvalue weighted by molar-refractivity contribution is 6.07. The fourth-order valence-corrected chi connectivity index (χ4v) is 4.71. The summed E-state index contributed by atoms with van der Waals surface area (Å²) < 4.78 is 0. The number of rotatable bonds is 2. The quantitative estimate of drug-likeness (QED) is 0.435. The molecule has 2 aliphatic rings. The van der Waals surface area contributed by atoms with Gasteiger partial charge in [-0.3, -0.25) is 4.99 Å². The molecule has 0 N–H and O–H groups in total. The van der Waals surface area contributed by atoms with Crippen LogP contribution < -0.4 is 0 Å². The Labute approximate surface area is 164 Å². The highest BCUT2D eigenvalue weighted by Crippen LogP contribution is 2.47. The number of amidine groups is 1. The number of aliphatic imine (C=N–C) groups is 1. The monoisotopic (exact) mass is 360 g/mol. The van der Waals surface area contributed by atoms with E-state index < -0.39 is 0 Å². The zero-order valence-corrected chi connectivity index (χ0v) is 15.5. The molecule has 0 unspecified atom stereocenters. The topological polar surface area (TPSA) is 15.6 Å². The lowest BCUT2D eigenvalue weighted by Gasteiger charge is -2.27. The molecule has 2 nitrogen and oxygen atoms in total. The lowest BCUT2D eigenvalue weighted by atomic mass is 9.93. The third-order valence-corrected chi connectivity index (χ3v) is 6.00. The van der Waals surface area contributed by atoms with Gasteiger partial charge in [-0.15, -0.1) is 0 Å². The Bertz CT molecular complexity index is 1200. The third-order valence-electron chi connectivity index (χ3n) is 6.00. The summed E-state index contributed by atoms with van der Waals surface area (Å²) in [5, 5.41) is 2.59. The molecule has 0 bridgehead atoms. The summed E-state index contributed by atoms with van der Waals surface area (Å²) in [7, 11) is 0. The minimum atomic E-state index is 0.123. The molecule has 2 heteroatoms. The predicted molar refractivity (Wildman–Crippen MR) is 114 cm³/mol. The van der Waals surface area contributed by atoms with Crippen LogP contribution in [0.4, 0.5) is 0 Å². The Hall–Kier alpha value is -3.39. The van der Waals surface area contributed by atoms with E-state index >= 15 is 0 Å². The standard InChI is InChI=1S/C26H20N2/c1-3-9-18(10-4-1)24-25(19-11-5-2-6-12-19)28-17-22-15-20-13-7-8-14-21(20)16-23(22)26(28)27-24/h1-16,24-25H,17H2/t24-,25-/m1/s1. The first-order valence-electron chi connectivity index (χ1n) is 9.85. The van der Waals surface area contributed by atoms with Crippen LogP contribution >= 0.6 is 0 Å². The highest BCUT2D eigenvalue weighted by atomic mass is 15.3.